The van der Waals surface area contributed by atoms with Gasteiger partial charge >= 0.3 is 0 Å². The van der Waals surface area contributed by atoms with E-state index in [2.05, 4.69) is 24.1 Å². The third kappa shape index (κ3) is 4.39. The monoisotopic (exact) mass is 318 g/mol. The Morgan fingerprint density at radius 3 is 2.05 bits per heavy atom. The van der Waals surface area contributed by atoms with Crippen molar-refractivity contribution in [1.29, 1.82) is 0 Å². The Hall–Kier alpha value is -0.210. The van der Waals surface area contributed by atoms with E-state index >= 15 is 0 Å². The van der Waals surface area contributed by atoms with Crippen LogP contribution in [0.3, 0.4) is 0 Å². The Morgan fingerprint density at radius 1 is 1.00 bits per heavy atom. The van der Waals surface area contributed by atoms with E-state index in [-0.39, 0.29) is 0 Å². The fraction of sp³-hybridized carbons (Fsp3) is 1.00. The number of nitrogens with one attached hydrogen (secondary N) is 1. The smallest absolute Gasteiger partial charge is 0.282 e. The lowest BCUT2D eigenvalue weighted by atomic mass is 9.97. The Labute approximate surface area is 129 Å². The third-order valence-corrected chi connectivity index (χ3v) is 6.75. The summed E-state index contributed by atoms with van der Waals surface area (Å²) in [6.07, 6.45) is 1.98. The van der Waals surface area contributed by atoms with E-state index in [1.807, 2.05) is 0 Å². The fourth-order valence-corrected chi connectivity index (χ4v) is 4.85. The summed E-state index contributed by atoms with van der Waals surface area (Å²) in [4.78, 5) is 2.44. The Bertz CT molecular complexity index is 397. The van der Waals surface area contributed by atoms with Crippen LogP contribution in [0.15, 0.2) is 0 Å². The summed E-state index contributed by atoms with van der Waals surface area (Å²) in [7, 11) is -3.24. The second kappa shape index (κ2) is 7.87. The summed E-state index contributed by atoms with van der Waals surface area (Å²) in [6.45, 7) is 11.7. The van der Waals surface area contributed by atoms with Gasteiger partial charge in [-0.1, -0.05) is 13.8 Å². The summed E-state index contributed by atoms with van der Waals surface area (Å²) >= 11 is 0. The van der Waals surface area contributed by atoms with Crippen molar-refractivity contribution >= 4 is 10.2 Å². The highest BCUT2D eigenvalue weighted by atomic mass is 32.2. The zero-order chi connectivity index (χ0) is 15.3. The van der Waals surface area contributed by atoms with Gasteiger partial charge in [-0.2, -0.15) is 17.0 Å². The Morgan fingerprint density at radius 2 is 1.52 bits per heavy atom. The molecule has 0 radical (unpaired) electrons. The van der Waals surface area contributed by atoms with Gasteiger partial charge < -0.3 is 10.2 Å². The van der Waals surface area contributed by atoms with Crippen molar-refractivity contribution in [3.63, 3.8) is 0 Å². The highest BCUT2D eigenvalue weighted by Crippen LogP contribution is 2.22. The van der Waals surface area contributed by atoms with Crippen LogP contribution in [0.2, 0.25) is 0 Å². The minimum atomic E-state index is -3.24. The highest BCUT2D eigenvalue weighted by Gasteiger charge is 2.33. The SMILES string of the molecule is CCN(CC)CC1CCN(S(=O)(=O)N2CCNCC2)CC1. The van der Waals surface area contributed by atoms with Crippen molar-refractivity contribution in [3.05, 3.63) is 0 Å². The topological polar surface area (TPSA) is 55.9 Å². The molecule has 2 rings (SSSR count). The molecule has 2 aliphatic heterocycles. The summed E-state index contributed by atoms with van der Waals surface area (Å²) in [5.41, 5.74) is 0. The molecule has 2 saturated heterocycles. The Kier molecular flexibility index (Phi) is 6.43. The lowest BCUT2D eigenvalue weighted by Crippen LogP contribution is -2.53. The predicted molar refractivity (Wildman–Crippen MR) is 85.4 cm³/mol. The van der Waals surface area contributed by atoms with Crippen LogP contribution in [-0.4, -0.2) is 80.8 Å². The van der Waals surface area contributed by atoms with Crippen LogP contribution >= 0.6 is 0 Å². The molecule has 0 aromatic carbocycles. The molecule has 0 bridgehead atoms. The van der Waals surface area contributed by atoms with Gasteiger partial charge in [-0.05, 0) is 31.8 Å². The summed E-state index contributed by atoms with van der Waals surface area (Å²) in [5.74, 6) is 0.638. The molecule has 0 saturated carbocycles. The minimum Gasteiger partial charge on any atom is -0.314 e. The van der Waals surface area contributed by atoms with E-state index in [4.69, 9.17) is 0 Å². The van der Waals surface area contributed by atoms with Gasteiger partial charge in [-0.3, -0.25) is 0 Å². The van der Waals surface area contributed by atoms with Gasteiger partial charge in [0.15, 0.2) is 0 Å². The van der Waals surface area contributed by atoms with Crippen LogP contribution in [0.1, 0.15) is 26.7 Å². The molecule has 2 aliphatic rings. The summed E-state index contributed by atoms with van der Waals surface area (Å²) < 4.78 is 28.5. The Balaban J connectivity index is 1.85. The normalized spacial score (nSPS) is 23.8. The molecule has 0 amide bonds. The van der Waals surface area contributed by atoms with E-state index < -0.39 is 10.2 Å². The maximum atomic E-state index is 12.6. The second-order valence-electron chi connectivity index (χ2n) is 5.99. The average Bonchev–Trinajstić information content (AvgIpc) is 2.54. The van der Waals surface area contributed by atoms with E-state index in [0.29, 0.717) is 32.1 Å². The second-order valence-corrected chi connectivity index (χ2v) is 7.91. The predicted octanol–water partition coefficient (Wildman–Crippen LogP) is 0.190. The molecule has 0 aromatic rings. The molecule has 2 fully saturated rings. The molecule has 0 aromatic heterocycles. The third-order valence-electron chi connectivity index (χ3n) is 4.71. The maximum absolute atomic E-state index is 12.6. The minimum absolute atomic E-state index is 0.599. The zero-order valence-electron chi connectivity index (χ0n) is 13.4. The van der Waals surface area contributed by atoms with Gasteiger partial charge in [0.1, 0.15) is 0 Å². The van der Waals surface area contributed by atoms with Crippen molar-refractivity contribution in [3.8, 4) is 0 Å². The van der Waals surface area contributed by atoms with Crippen molar-refractivity contribution in [2.24, 2.45) is 5.92 Å². The van der Waals surface area contributed by atoms with Crippen LogP contribution in [0, 0.1) is 5.92 Å². The molecule has 0 spiro atoms. The fourth-order valence-electron chi connectivity index (χ4n) is 3.21. The van der Waals surface area contributed by atoms with Gasteiger partial charge in [0.05, 0.1) is 0 Å². The van der Waals surface area contributed by atoms with Crippen LogP contribution in [0.4, 0.5) is 0 Å². The van der Waals surface area contributed by atoms with Crippen molar-refractivity contribution < 1.29 is 8.42 Å². The van der Waals surface area contributed by atoms with Crippen molar-refractivity contribution in [2.75, 3.05) is 58.9 Å². The standard InChI is InChI=1S/C14H30N4O2S/c1-3-16(4-2)13-14-5-9-17(10-6-14)21(19,20)18-11-7-15-8-12-18/h14-15H,3-13H2,1-2H3. The van der Waals surface area contributed by atoms with Gasteiger partial charge in [0, 0.05) is 45.8 Å². The molecular formula is C14H30N4O2S. The quantitative estimate of drug-likeness (QED) is 0.760. The summed E-state index contributed by atoms with van der Waals surface area (Å²) in [5, 5.41) is 3.20. The van der Waals surface area contributed by atoms with Gasteiger partial charge in [0.2, 0.25) is 0 Å². The molecule has 6 nitrogen and oxygen atoms in total. The maximum Gasteiger partial charge on any atom is 0.282 e. The number of piperidine rings is 1. The molecule has 7 heteroatoms. The number of rotatable bonds is 6. The molecule has 0 atom stereocenters. The molecular weight excluding hydrogens is 288 g/mol. The molecule has 0 unspecified atom stereocenters. The first-order chi connectivity index (χ1) is 10.1. The van der Waals surface area contributed by atoms with Crippen LogP contribution in [0.25, 0.3) is 0 Å². The van der Waals surface area contributed by atoms with E-state index in [9.17, 15) is 8.42 Å². The van der Waals surface area contributed by atoms with Crippen LogP contribution < -0.4 is 5.32 Å². The largest absolute Gasteiger partial charge is 0.314 e. The van der Waals surface area contributed by atoms with Crippen LogP contribution in [-0.2, 0) is 10.2 Å². The van der Waals surface area contributed by atoms with Gasteiger partial charge in [0.25, 0.3) is 10.2 Å². The van der Waals surface area contributed by atoms with Crippen molar-refractivity contribution in [2.45, 2.75) is 26.7 Å². The van der Waals surface area contributed by atoms with E-state index in [1.165, 1.54) is 0 Å². The first-order valence-corrected chi connectivity index (χ1v) is 9.66. The summed E-state index contributed by atoms with van der Waals surface area (Å²) in [6, 6.07) is 0. The van der Waals surface area contributed by atoms with Gasteiger partial charge in [-0.15, -0.1) is 0 Å². The number of piperazine rings is 1. The van der Waals surface area contributed by atoms with Crippen LogP contribution in [0.5, 0.6) is 0 Å². The first kappa shape index (κ1) is 17.1. The molecule has 21 heavy (non-hydrogen) atoms. The average molecular weight is 318 g/mol. The van der Waals surface area contributed by atoms with Gasteiger partial charge in [-0.25, -0.2) is 0 Å². The van der Waals surface area contributed by atoms with E-state index in [0.717, 1.165) is 45.6 Å². The zero-order valence-corrected chi connectivity index (χ0v) is 14.2. The lowest BCUT2D eigenvalue weighted by Gasteiger charge is -2.37. The number of hydrogen-bond donors (Lipinski definition) is 1. The molecule has 0 aliphatic carbocycles. The number of hydrogen-bond acceptors (Lipinski definition) is 4. The highest BCUT2D eigenvalue weighted by molar-refractivity contribution is 7.86. The van der Waals surface area contributed by atoms with Crippen molar-refractivity contribution in [1.82, 2.24) is 18.8 Å². The number of nitrogens with zero attached hydrogens (tertiary/aromatic N) is 3. The molecule has 1 N–H and O–H groups in total. The molecule has 124 valence electrons. The lowest BCUT2D eigenvalue weighted by molar-refractivity contribution is 0.187. The van der Waals surface area contributed by atoms with E-state index in [1.54, 1.807) is 8.61 Å². The first-order valence-electron chi connectivity index (χ1n) is 8.26. The molecule has 2 heterocycles.